The Morgan fingerprint density at radius 1 is 1.60 bits per heavy atom. The van der Waals surface area contributed by atoms with Gasteiger partial charge in [-0.15, -0.1) is 8.39 Å². The van der Waals surface area contributed by atoms with Crippen molar-refractivity contribution >= 4 is 7.99 Å². The van der Waals surface area contributed by atoms with Crippen molar-refractivity contribution in [2.45, 2.75) is 0 Å². The highest BCUT2D eigenvalue weighted by Gasteiger charge is 2.09. The summed E-state index contributed by atoms with van der Waals surface area (Å²) in [7, 11) is -5.64. The molecular formula is HF2O2P. The number of halogens is 2. The van der Waals surface area contributed by atoms with Gasteiger partial charge in [0.1, 0.15) is 0 Å². The minimum absolute atomic E-state index is 5.64. The fourth-order valence-corrected chi connectivity index (χ4v) is 0. The van der Waals surface area contributed by atoms with E-state index in [1.54, 1.807) is 0 Å². The first-order valence-corrected chi connectivity index (χ1v) is 2.16. The van der Waals surface area contributed by atoms with Gasteiger partial charge in [0.25, 0.3) is 0 Å². The van der Waals surface area contributed by atoms with Gasteiger partial charge in [-0.05, 0) is 0 Å². The van der Waals surface area contributed by atoms with Crippen LogP contribution in [0.2, 0.25) is 0 Å². The molecule has 0 bridgehead atoms. The molecule has 0 aliphatic heterocycles. The lowest BCUT2D eigenvalue weighted by Crippen LogP contribution is -1.45. The monoisotopic (exact) mass is 102 g/mol. The number of hydrogen-bond acceptors (Lipinski definition) is 1. The van der Waals surface area contributed by atoms with Crippen LogP contribution < -0.4 is 0 Å². The molecule has 0 saturated heterocycles. The highest BCUT2D eigenvalue weighted by Crippen LogP contribution is 2.43. The van der Waals surface area contributed by atoms with Gasteiger partial charge in [0.15, 0.2) is 0 Å². The van der Waals surface area contributed by atoms with Crippen molar-refractivity contribution in [3.8, 4) is 0 Å². The Morgan fingerprint density at radius 3 is 1.60 bits per heavy atom. The highest BCUT2D eigenvalue weighted by atomic mass is 31.2. The summed E-state index contributed by atoms with van der Waals surface area (Å²) >= 11 is 0. The van der Waals surface area contributed by atoms with E-state index in [2.05, 4.69) is 0 Å². The van der Waals surface area contributed by atoms with E-state index in [0.29, 0.717) is 0 Å². The first-order chi connectivity index (χ1) is 2.00. The lowest BCUT2D eigenvalue weighted by atomic mass is 15.9. The van der Waals surface area contributed by atoms with Crippen molar-refractivity contribution in [3.05, 3.63) is 0 Å². The molecule has 0 fully saturated rings. The summed E-state index contributed by atoms with van der Waals surface area (Å²) in [4.78, 5) is 6.74. The molecule has 0 aromatic rings. The normalized spacial score (nSPS) is 11.8. The molecule has 0 aliphatic carbocycles. The topological polar surface area (TPSA) is 37.3 Å². The summed E-state index contributed by atoms with van der Waals surface area (Å²) in [6, 6.07) is 0. The molecule has 0 spiro atoms. The minimum Gasteiger partial charge on any atom is -0.296 e. The Bertz CT molecular complexity index is 53.8. The Balaban J connectivity index is 3.47. The summed E-state index contributed by atoms with van der Waals surface area (Å²) in [5.41, 5.74) is 0. The lowest BCUT2D eigenvalue weighted by molar-refractivity contribution is 0.376. The molecule has 0 aromatic heterocycles. The maximum absolute atomic E-state index is 10.1. The van der Waals surface area contributed by atoms with Crippen molar-refractivity contribution < 1.29 is 17.9 Å². The summed E-state index contributed by atoms with van der Waals surface area (Å²) in [6.07, 6.45) is 0. The molecule has 0 aliphatic rings. The second kappa shape index (κ2) is 1.03. The number of rotatable bonds is 0. The van der Waals surface area contributed by atoms with E-state index in [1.807, 2.05) is 0 Å². The first kappa shape index (κ1) is 5.05. The molecule has 32 valence electrons. The van der Waals surface area contributed by atoms with Gasteiger partial charge in [0.05, 0.1) is 0 Å². The second-order valence-corrected chi connectivity index (χ2v) is 1.30. The van der Waals surface area contributed by atoms with Crippen molar-refractivity contribution in [2.24, 2.45) is 0 Å². The van der Waals surface area contributed by atoms with E-state index in [-0.39, 0.29) is 0 Å². The lowest BCUT2D eigenvalue weighted by Gasteiger charge is -1.73. The third-order valence-corrected chi connectivity index (χ3v) is 0. The van der Waals surface area contributed by atoms with Gasteiger partial charge in [0, 0.05) is 0 Å². The van der Waals surface area contributed by atoms with Gasteiger partial charge in [-0.3, -0.25) is 4.89 Å². The molecule has 0 radical (unpaired) electrons. The minimum atomic E-state index is -5.64. The van der Waals surface area contributed by atoms with E-state index in [1.165, 1.54) is 0 Å². The fraction of sp³-hybridized carbons (Fsp3) is 0. The van der Waals surface area contributed by atoms with Gasteiger partial charge in [-0.1, -0.05) is 0 Å². The molecule has 1 N–H and O–H groups in total. The molecule has 0 saturated carbocycles. The zero-order valence-electron chi connectivity index (χ0n) is 2.06. The van der Waals surface area contributed by atoms with Crippen LogP contribution in [0.15, 0.2) is 0 Å². The van der Waals surface area contributed by atoms with Crippen molar-refractivity contribution in [1.29, 1.82) is 0 Å². The highest BCUT2D eigenvalue weighted by molar-refractivity contribution is 7.46. The molecule has 2 nitrogen and oxygen atoms in total. The second-order valence-electron chi connectivity index (χ2n) is 0.435. The largest absolute Gasteiger partial charge is 0.549 e. The van der Waals surface area contributed by atoms with Gasteiger partial charge >= 0.3 is 7.99 Å². The zero-order chi connectivity index (χ0) is 4.50. The molecule has 0 amide bonds. The van der Waals surface area contributed by atoms with Crippen molar-refractivity contribution in [3.63, 3.8) is 0 Å². The smallest absolute Gasteiger partial charge is 0.296 e. The molecule has 0 unspecified atom stereocenters. The molecule has 5 heteroatoms. The summed E-state index contributed by atoms with van der Waals surface area (Å²) < 4.78 is 28.7. The summed E-state index contributed by atoms with van der Waals surface area (Å²) in [5, 5.41) is 0. The van der Waals surface area contributed by atoms with Crippen LogP contribution in [-0.2, 0) is 4.57 Å². The van der Waals surface area contributed by atoms with E-state index < -0.39 is 7.99 Å². The van der Waals surface area contributed by atoms with E-state index in [4.69, 9.17) is 9.46 Å². The van der Waals surface area contributed by atoms with Gasteiger partial charge in [-0.25, -0.2) is 4.57 Å². The van der Waals surface area contributed by atoms with Crippen LogP contribution >= 0.6 is 7.99 Å². The quantitative estimate of drug-likeness (QED) is 0.463. The van der Waals surface area contributed by atoms with Crippen LogP contribution in [0.5, 0.6) is 0 Å². The van der Waals surface area contributed by atoms with E-state index in [9.17, 15) is 8.39 Å². The van der Waals surface area contributed by atoms with Crippen molar-refractivity contribution in [2.75, 3.05) is 0 Å². The van der Waals surface area contributed by atoms with Crippen LogP contribution in [0.25, 0.3) is 0 Å². The maximum Gasteiger partial charge on any atom is 0.549 e. The predicted molar refractivity (Wildman–Crippen MR) is 12.0 cm³/mol. The van der Waals surface area contributed by atoms with Crippen LogP contribution in [0, 0.1) is 0 Å². The molecule has 0 rings (SSSR count). The van der Waals surface area contributed by atoms with Crippen LogP contribution in [-0.4, -0.2) is 4.89 Å². The molecule has 0 atom stereocenters. The third kappa shape index (κ3) is 6810. The maximum atomic E-state index is 10.1. The molecule has 5 heavy (non-hydrogen) atoms. The fourth-order valence-electron chi connectivity index (χ4n) is 0. The Labute approximate surface area is 27.1 Å². The zero-order valence-corrected chi connectivity index (χ0v) is 2.95. The third-order valence-electron chi connectivity index (χ3n) is 0. The molecular weight excluding hydrogens is 101 g/mol. The average molecular weight is 102 g/mol. The Hall–Kier alpha value is 0.0500. The standard InChI is InChI=1S/F2HO2P/c1-5(2,3)4/h(H,3,4). The average Bonchev–Trinajstić information content (AvgIpc) is 0.722. The Kier molecular flexibility index (Phi) is 1.04. The van der Waals surface area contributed by atoms with Gasteiger partial charge in [-0.2, -0.15) is 0 Å². The summed E-state index contributed by atoms with van der Waals surface area (Å²) in [5.74, 6) is 0. The molecule has 0 aromatic carbocycles. The van der Waals surface area contributed by atoms with Crippen molar-refractivity contribution in [1.82, 2.24) is 0 Å². The SMILES string of the molecule is O=P(O)(F)F. The van der Waals surface area contributed by atoms with Crippen LogP contribution in [0.3, 0.4) is 0 Å². The predicted octanol–water partition coefficient (Wildman–Crippen LogP) is 1.03. The first-order valence-electron chi connectivity index (χ1n) is 0.721. The van der Waals surface area contributed by atoms with Gasteiger partial charge < -0.3 is 0 Å². The Morgan fingerprint density at radius 2 is 1.60 bits per heavy atom. The summed E-state index contributed by atoms with van der Waals surface area (Å²) in [6.45, 7) is 0. The number of hydrogen-bond donors (Lipinski definition) is 1. The van der Waals surface area contributed by atoms with E-state index >= 15 is 0 Å². The van der Waals surface area contributed by atoms with Crippen LogP contribution in [0.4, 0.5) is 8.39 Å². The van der Waals surface area contributed by atoms with Crippen LogP contribution in [0.1, 0.15) is 0 Å². The van der Waals surface area contributed by atoms with E-state index in [0.717, 1.165) is 0 Å². The molecule has 0 heterocycles. The van der Waals surface area contributed by atoms with Gasteiger partial charge in [0.2, 0.25) is 0 Å².